The predicted molar refractivity (Wildman–Crippen MR) is 98.5 cm³/mol. The Hall–Kier alpha value is -2.70. The molecule has 0 aromatic heterocycles. The molecule has 1 N–H and O–H groups in total. The van der Waals surface area contributed by atoms with E-state index in [9.17, 15) is 19.2 Å². The molecule has 27 heavy (non-hydrogen) atoms. The molecule has 2 fully saturated rings. The summed E-state index contributed by atoms with van der Waals surface area (Å²) >= 11 is 0. The van der Waals surface area contributed by atoms with Crippen LogP contribution in [0.4, 0.5) is 4.79 Å². The Kier molecular flexibility index (Phi) is 5.58. The van der Waals surface area contributed by atoms with Gasteiger partial charge in [0, 0.05) is 6.54 Å². The van der Waals surface area contributed by atoms with Crippen LogP contribution in [0.1, 0.15) is 49.8 Å². The first-order valence-corrected chi connectivity index (χ1v) is 9.45. The first-order chi connectivity index (χ1) is 12.9. The lowest BCUT2D eigenvalue weighted by Gasteiger charge is -2.21. The molecule has 1 aromatic rings. The van der Waals surface area contributed by atoms with Crippen molar-refractivity contribution in [3.63, 3.8) is 0 Å². The smallest absolute Gasteiger partial charge is 0.334 e. The number of hydrogen-bond acceptors (Lipinski definition) is 4. The Bertz CT molecular complexity index is 755. The van der Waals surface area contributed by atoms with Crippen LogP contribution in [-0.2, 0) is 14.4 Å². The highest BCUT2D eigenvalue weighted by atomic mass is 16.2. The normalized spacial score (nSPS) is 18.2. The average molecular weight is 371 g/mol. The molecular weight excluding hydrogens is 346 g/mol. The van der Waals surface area contributed by atoms with Gasteiger partial charge in [0.2, 0.25) is 5.91 Å². The Morgan fingerprint density at radius 3 is 2.33 bits per heavy atom. The van der Waals surface area contributed by atoms with Crippen LogP contribution in [0.2, 0.25) is 0 Å². The Morgan fingerprint density at radius 2 is 1.74 bits per heavy atom. The van der Waals surface area contributed by atoms with Gasteiger partial charge in [-0.15, -0.1) is 0 Å². The second-order valence-corrected chi connectivity index (χ2v) is 7.28. The molecule has 1 aliphatic heterocycles. The number of unbranched alkanes of at least 4 members (excludes halogenated alkanes) is 1. The summed E-state index contributed by atoms with van der Waals surface area (Å²) in [6.07, 6.45) is 3.49. The van der Waals surface area contributed by atoms with E-state index in [1.807, 2.05) is 38.1 Å². The zero-order valence-electron chi connectivity index (χ0n) is 15.7. The maximum absolute atomic E-state index is 12.5. The molecule has 0 spiro atoms. The fourth-order valence-electron chi connectivity index (χ4n) is 3.24. The summed E-state index contributed by atoms with van der Waals surface area (Å²) < 4.78 is 0. The van der Waals surface area contributed by atoms with Gasteiger partial charge in [0.05, 0.1) is 6.04 Å². The van der Waals surface area contributed by atoms with E-state index in [1.54, 1.807) is 0 Å². The Labute approximate surface area is 158 Å². The van der Waals surface area contributed by atoms with Gasteiger partial charge in [-0.3, -0.25) is 19.3 Å². The van der Waals surface area contributed by atoms with Gasteiger partial charge >= 0.3 is 17.8 Å². The molecule has 7 heteroatoms. The summed E-state index contributed by atoms with van der Waals surface area (Å²) in [6, 6.07) is 7.12. The lowest BCUT2D eigenvalue weighted by atomic mass is 10.0. The Morgan fingerprint density at radius 1 is 1.11 bits per heavy atom. The van der Waals surface area contributed by atoms with Crippen LogP contribution >= 0.6 is 0 Å². The highest BCUT2D eigenvalue weighted by molar-refractivity contribution is 6.45. The molecule has 1 aliphatic carbocycles. The minimum atomic E-state index is -0.926. The van der Waals surface area contributed by atoms with Crippen LogP contribution in [0.5, 0.6) is 0 Å². The summed E-state index contributed by atoms with van der Waals surface area (Å²) in [7, 11) is 0. The van der Waals surface area contributed by atoms with E-state index in [4.69, 9.17) is 0 Å². The van der Waals surface area contributed by atoms with E-state index in [1.165, 1.54) is 0 Å². The van der Waals surface area contributed by atoms with Crippen LogP contribution in [0, 0.1) is 12.8 Å². The summed E-state index contributed by atoms with van der Waals surface area (Å²) in [6.45, 7) is 3.70. The van der Waals surface area contributed by atoms with Gasteiger partial charge in [-0.1, -0.05) is 43.2 Å². The molecule has 7 nitrogen and oxygen atoms in total. The van der Waals surface area contributed by atoms with Crippen molar-refractivity contribution in [1.29, 1.82) is 0 Å². The van der Waals surface area contributed by atoms with E-state index in [0.29, 0.717) is 12.3 Å². The number of nitrogens with zero attached hydrogens (tertiary/aromatic N) is 2. The van der Waals surface area contributed by atoms with E-state index in [-0.39, 0.29) is 12.6 Å². The molecule has 0 bridgehead atoms. The van der Waals surface area contributed by atoms with Gasteiger partial charge in [0.1, 0.15) is 6.54 Å². The van der Waals surface area contributed by atoms with Crippen molar-refractivity contribution in [3.05, 3.63) is 35.4 Å². The molecule has 1 atom stereocenters. The fourth-order valence-corrected chi connectivity index (χ4v) is 3.24. The summed E-state index contributed by atoms with van der Waals surface area (Å²) in [5, 5.41) is 2.94. The summed E-state index contributed by atoms with van der Waals surface area (Å²) in [5.41, 5.74) is 2.15. The first kappa shape index (κ1) is 19.1. The third-order valence-corrected chi connectivity index (χ3v) is 5.02. The molecule has 2 aliphatic rings. The van der Waals surface area contributed by atoms with Gasteiger partial charge in [0.15, 0.2) is 0 Å². The van der Waals surface area contributed by atoms with Gasteiger partial charge in [0.25, 0.3) is 0 Å². The van der Waals surface area contributed by atoms with Crippen LogP contribution in [-0.4, -0.2) is 46.6 Å². The van der Waals surface area contributed by atoms with Gasteiger partial charge in [-0.25, -0.2) is 9.69 Å². The molecular formula is C20H25N3O4. The highest BCUT2D eigenvalue weighted by Gasteiger charge is 2.45. The number of imide groups is 2. The number of rotatable bonds is 8. The molecule has 3 rings (SSSR count). The number of hydrogen-bond donors (Lipinski definition) is 1. The standard InChI is InChI=1S/C20H25N3O4/c1-3-4-11-22-18(25)19(26)23(20(22)27)12-16(24)21-17(15-9-10-15)14-7-5-13(2)6-8-14/h5-8,15,17H,3-4,9-12H2,1-2H3,(H,21,24). The topological polar surface area (TPSA) is 86.8 Å². The molecule has 5 amide bonds. The zero-order chi connectivity index (χ0) is 19.6. The maximum Gasteiger partial charge on any atom is 0.334 e. The minimum Gasteiger partial charge on any atom is -0.347 e. The zero-order valence-corrected chi connectivity index (χ0v) is 15.7. The molecule has 0 radical (unpaired) electrons. The van der Waals surface area contributed by atoms with Crippen LogP contribution in [0.15, 0.2) is 24.3 Å². The first-order valence-electron chi connectivity index (χ1n) is 9.45. The second-order valence-electron chi connectivity index (χ2n) is 7.28. The van der Waals surface area contributed by atoms with Crippen molar-refractivity contribution in [3.8, 4) is 0 Å². The van der Waals surface area contributed by atoms with Gasteiger partial charge in [-0.05, 0) is 37.7 Å². The number of benzene rings is 1. The van der Waals surface area contributed by atoms with Crippen molar-refractivity contribution in [2.45, 2.75) is 45.6 Å². The fraction of sp³-hybridized carbons (Fsp3) is 0.500. The number of carbonyl (C=O) groups is 4. The second kappa shape index (κ2) is 7.90. The van der Waals surface area contributed by atoms with E-state index in [0.717, 1.165) is 40.2 Å². The molecule has 1 saturated heterocycles. The monoisotopic (exact) mass is 371 g/mol. The minimum absolute atomic E-state index is 0.141. The molecule has 1 saturated carbocycles. The quantitative estimate of drug-likeness (QED) is 0.560. The van der Waals surface area contributed by atoms with Crippen molar-refractivity contribution in [2.75, 3.05) is 13.1 Å². The largest absolute Gasteiger partial charge is 0.347 e. The number of amides is 5. The lowest BCUT2D eigenvalue weighted by Crippen LogP contribution is -2.43. The third kappa shape index (κ3) is 4.18. The number of urea groups is 1. The molecule has 1 unspecified atom stereocenters. The number of aryl methyl sites for hydroxylation is 1. The van der Waals surface area contributed by atoms with Crippen LogP contribution in [0.25, 0.3) is 0 Å². The third-order valence-electron chi connectivity index (χ3n) is 5.02. The molecule has 144 valence electrons. The summed E-state index contributed by atoms with van der Waals surface area (Å²) in [4.78, 5) is 50.6. The maximum atomic E-state index is 12.5. The van der Waals surface area contributed by atoms with Crippen molar-refractivity contribution < 1.29 is 19.2 Å². The summed E-state index contributed by atoms with van der Waals surface area (Å²) in [5.74, 6) is -1.84. The number of nitrogens with one attached hydrogen (secondary N) is 1. The number of carbonyl (C=O) groups excluding carboxylic acids is 4. The van der Waals surface area contributed by atoms with E-state index >= 15 is 0 Å². The average Bonchev–Trinajstić information content (AvgIpc) is 3.46. The molecule has 1 aromatic carbocycles. The highest BCUT2D eigenvalue weighted by Crippen LogP contribution is 2.41. The lowest BCUT2D eigenvalue weighted by molar-refractivity contribution is -0.144. The van der Waals surface area contributed by atoms with E-state index in [2.05, 4.69) is 5.32 Å². The Balaban J connectivity index is 1.65. The van der Waals surface area contributed by atoms with E-state index < -0.39 is 30.3 Å². The van der Waals surface area contributed by atoms with Crippen LogP contribution < -0.4 is 5.32 Å². The van der Waals surface area contributed by atoms with Gasteiger partial charge < -0.3 is 5.32 Å². The molecule has 1 heterocycles. The van der Waals surface area contributed by atoms with Crippen molar-refractivity contribution in [1.82, 2.24) is 15.1 Å². The van der Waals surface area contributed by atoms with Crippen LogP contribution in [0.3, 0.4) is 0 Å². The van der Waals surface area contributed by atoms with Crippen molar-refractivity contribution in [2.24, 2.45) is 5.92 Å². The SMILES string of the molecule is CCCCN1C(=O)C(=O)N(CC(=O)NC(c2ccc(C)cc2)C2CC2)C1=O. The predicted octanol–water partition coefficient (Wildman–Crippen LogP) is 2.15. The van der Waals surface area contributed by atoms with Crippen molar-refractivity contribution >= 4 is 23.8 Å². The van der Waals surface area contributed by atoms with Gasteiger partial charge in [-0.2, -0.15) is 0 Å².